The second kappa shape index (κ2) is 13.5. The van der Waals surface area contributed by atoms with Gasteiger partial charge in [0.2, 0.25) is 15.9 Å². The van der Waals surface area contributed by atoms with E-state index in [1.165, 1.54) is 24.3 Å². The highest BCUT2D eigenvalue weighted by molar-refractivity contribution is 7.92. The van der Waals surface area contributed by atoms with Crippen LogP contribution < -0.4 is 13.8 Å². The van der Waals surface area contributed by atoms with Crippen LogP contribution in [-0.4, -0.2) is 91.6 Å². The minimum Gasteiger partial charge on any atom is -0.484 e. The summed E-state index contributed by atoms with van der Waals surface area (Å²) >= 11 is 0. The van der Waals surface area contributed by atoms with E-state index in [9.17, 15) is 39.6 Å². The first-order chi connectivity index (χ1) is 22.5. The maximum atomic E-state index is 13.5. The van der Waals surface area contributed by atoms with Crippen LogP contribution in [0.5, 0.6) is 17.4 Å². The van der Waals surface area contributed by atoms with Crippen LogP contribution in [0.25, 0.3) is 10.9 Å². The Balaban J connectivity index is 1.18. The van der Waals surface area contributed by atoms with Gasteiger partial charge in [-0.3, -0.25) is 14.0 Å². The lowest BCUT2D eigenvalue weighted by Gasteiger charge is -2.34. The molecule has 0 saturated carbocycles. The normalized spacial score (nSPS) is 14.7. The Bertz CT molecular complexity index is 1850. The van der Waals surface area contributed by atoms with Gasteiger partial charge in [-0.2, -0.15) is 26.3 Å². The monoisotopic (exact) mass is 699 g/mol. The molecule has 1 amide bonds. The standard InChI is InChI=1S/C31H31F6N5O5S/c1-39-26-16-25(47-28-10-6-23(17-38-28)40(2)48(44,45)20-31(35,36)37)9-5-22(26)15-27(39)29(43)42-13-11-41(12-14-42)18-21-3-7-24(8-4-21)46-19-30(32,33)34/h3-10,15-17H,11-14,18-20H2,1-2H3. The van der Waals surface area contributed by atoms with E-state index in [2.05, 4.69) is 9.88 Å². The zero-order chi connectivity index (χ0) is 34.9. The summed E-state index contributed by atoms with van der Waals surface area (Å²) in [7, 11) is -1.89. The Hall–Kier alpha value is -4.51. The number of carbonyl (C=O) groups excluding carboxylic acids is 1. The number of hydrogen-bond donors (Lipinski definition) is 0. The molecule has 48 heavy (non-hydrogen) atoms. The fraction of sp³-hybridized carbons (Fsp3) is 0.355. The molecule has 0 radical (unpaired) electrons. The molecule has 0 spiro atoms. The Labute approximate surface area is 272 Å². The second-order valence-electron chi connectivity index (χ2n) is 11.2. The molecular formula is C31H31F6N5O5S. The Morgan fingerprint density at radius 1 is 0.896 bits per heavy atom. The second-order valence-corrected chi connectivity index (χ2v) is 13.2. The van der Waals surface area contributed by atoms with Crippen LogP contribution in [0.15, 0.2) is 66.9 Å². The highest BCUT2D eigenvalue weighted by Crippen LogP contribution is 2.29. The lowest BCUT2D eigenvalue weighted by molar-refractivity contribution is -0.153. The molecule has 1 aliphatic rings. The van der Waals surface area contributed by atoms with Crippen LogP contribution in [-0.2, 0) is 23.6 Å². The molecular weight excluding hydrogens is 668 g/mol. The third kappa shape index (κ3) is 8.69. The van der Waals surface area contributed by atoms with Crippen molar-refractivity contribution < 1.29 is 49.0 Å². The van der Waals surface area contributed by atoms with Crippen LogP contribution in [0.3, 0.4) is 0 Å². The van der Waals surface area contributed by atoms with E-state index in [-0.39, 0.29) is 23.2 Å². The number of aryl methyl sites for hydroxylation is 1. The molecule has 0 N–H and O–H groups in total. The summed E-state index contributed by atoms with van der Waals surface area (Å²) in [5.41, 5.74) is 2.01. The van der Waals surface area contributed by atoms with Crippen LogP contribution in [0.4, 0.5) is 32.0 Å². The molecule has 1 fully saturated rings. The summed E-state index contributed by atoms with van der Waals surface area (Å²) in [5.74, 6) is -1.56. The van der Waals surface area contributed by atoms with Gasteiger partial charge in [0.1, 0.15) is 17.2 Å². The summed E-state index contributed by atoms with van der Waals surface area (Å²) in [6, 6.07) is 16.0. The molecule has 3 heterocycles. The number of amides is 1. The van der Waals surface area contributed by atoms with Crippen molar-refractivity contribution in [2.24, 2.45) is 7.05 Å². The molecule has 0 atom stereocenters. The fourth-order valence-electron chi connectivity index (χ4n) is 5.17. The minimum absolute atomic E-state index is 0.0689. The molecule has 1 aliphatic heterocycles. The molecule has 0 aliphatic carbocycles. The number of anilines is 1. The molecule has 2 aromatic carbocycles. The number of alkyl halides is 6. The van der Waals surface area contributed by atoms with E-state index < -0.39 is 34.7 Å². The summed E-state index contributed by atoms with van der Waals surface area (Å²) in [4.78, 5) is 21.4. The number of halogens is 6. The number of sulfonamides is 1. The molecule has 4 aromatic rings. The zero-order valence-electron chi connectivity index (χ0n) is 25.8. The quantitative estimate of drug-likeness (QED) is 0.199. The van der Waals surface area contributed by atoms with Crippen molar-refractivity contribution in [3.63, 3.8) is 0 Å². The van der Waals surface area contributed by atoms with E-state index in [0.717, 1.165) is 24.2 Å². The number of rotatable bonds is 10. The molecule has 0 unspecified atom stereocenters. The molecule has 1 saturated heterocycles. The van der Waals surface area contributed by atoms with Crippen molar-refractivity contribution in [2.45, 2.75) is 18.9 Å². The van der Waals surface area contributed by atoms with Gasteiger partial charge >= 0.3 is 12.4 Å². The maximum absolute atomic E-state index is 13.5. The summed E-state index contributed by atoms with van der Waals surface area (Å²) in [5, 5.41) is 0.786. The number of benzene rings is 2. The van der Waals surface area contributed by atoms with Crippen molar-refractivity contribution in [3.05, 3.63) is 78.1 Å². The Kier molecular flexibility index (Phi) is 9.82. The van der Waals surface area contributed by atoms with Crippen LogP contribution in [0.2, 0.25) is 0 Å². The lowest BCUT2D eigenvalue weighted by atomic mass is 10.2. The predicted molar refractivity (Wildman–Crippen MR) is 165 cm³/mol. The van der Waals surface area contributed by atoms with E-state index >= 15 is 0 Å². The van der Waals surface area contributed by atoms with Crippen LogP contribution in [0.1, 0.15) is 16.1 Å². The van der Waals surface area contributed by atoms with Gasteiger partial charge in [0.15, 0.2) is 12.4 Å². The van der Waals surface area contributed by atoms with Gasteiger partial charge in [0.05, 0.1) is 17.4 Å². The van der Waals surface area contributed by atoms with E-state index in [4.69, 9.17) is 9.47 Å². The number of carbonyl (C=O) groups is 1. The van der Waals surface area contributed by atoms with Gasteiger partial charge in [-0.15, -0.1) is 0 Å². The Morgan fingerprint density at radius 2 is 1.56 bits per heavy atom. The molecule has 5 rings (SSSR count). The third-order valence-corrected chi connectivity index (χ3v) is 9.44. The smallest absolute Gasteiger partial charge is 0.422 e. The number of nitrogens with zero attached hydrogens (tertiary/aromatic N) is 5. The first kappa shape index (κ1) is 34.8. The number of hydrogen-bond acceptors (Lipinski definition) is 7. The first-order valence-corrected chi connectivity index (χ1v) is 16.2. The maximum Gasteiger partial charge on any atom is 0.422 e. The van der Waals surface area contributed by atoms with Gasteiger partial charge in [0.25, 0.3) is 5.91 Å². The van der Waals surface area contributed by atoms with Gasteiger partial charge in [-0.05, 0) is 42.0 Å². The van der Waals surface area contributed by atoms with Crippen molar-refractivity contribution >= 4 is 32.5 Å². The van der Waals surface area contributed by atoms with Crippen LogP contribution in [0, 0.1) is 0 Å². The van der Waals surface area contributed by atoms with Crippen molar-refractivity contribution in [2.75, 3.05) is 49.9 Å². The van der Waals surface area contributed by atoms with Gasteiger partial charge in [0, 0.05) is 64.3 Å². The molecule has 2 aromatic heterocycles. The third-order valence-electron chi connectivity index (χ3n) is 7.70. The van der Waals surface area contributed by atoms with E-state index in [1.54, 1.807) is 52.9 Å². The highest BCUT2D eigenvalue weighted by Gasteiger charge is 2.37. The average molecular weight is 700 g/mol. The van der Waals surface area contributed by atoms with Gasteiger partial charge in [-0.1, -0.05) is 12.1 Å². The van der Waals surface area contributed by atoms with Gasteiger partial charge < -0.3 is 18.9 Å². The summed E-state index contributed by atoms with van der Waals surface area (Å²) in [6.07, 6.45) is -8.20. The predicted octanol–water partition coefficient (Wildman–Crippen LogP) is 5.59. The summed E-state index contributed by atoms with van der Waals surface area (Å²) in [6.45, 7) is 1.40. The highest BCUT2D eigenvalue weighted by atomic mass is 32.2. The zero-order valence-corrected chi connectivity index (χ0v) is 26.6. The average Bonchev–Trinajstić information content (AvgIpc) is 3.34. The number of ether oxygens (including phenoxy) is 2. The lowest BCUT2D eigenvalue weighted by Crippen LogP contribution is -2.48. The number of fused-ring (bicyclic) bond motifs is 1. The van der Waals surface area contributed by atoms with Crippen molar-refractivity contribution in [1.29, 1.82) is 0 Å². The fourth-order valence-corrected chi connectivity index (χ4v) is 6.20. The molecule has 0 bridgehead atoms. The molecule has 10 nitrogen and oxygen atoms in total. The first-order valence-electron chi connectivity index (χ1n) is 14.5. The number of aromatic nitrogens is 2. The van der Waals surface area contributed by atoms with E-state index in [1.807, 2.05) is 0 Å². The number of piperazine rings is 1. The van der Waals surface area contributed by atoms with Crippen LogP contribution >= 0.6 is 0 Å². The van der Waals surface area contributed by atoms with Crippen molar-refractivity contribution in [1.82, 2.24) is 19.4 Å². The number of pyridine rings is 1. The van der Waals surface area contributed by atoms with Crippen molar-refractivity contribution in [3.8, 4) is 17.4 Å². The molecule has 258 valence electrons. The topological polar surface area (TPSA) is 97.2 Å². The molecule has 17 heteroatoms. The van der Waals surface area contributed by atoms with E-state index in [0.29, 0.717) is 54.0 Å². The van der Waals surface area contributed by atoms with Gasteiger partial charge in [-0.25, -0.2) is 13.4 Å². The summed E-state index contributed by atoms with van der Waals surface area (Å²) < 4.78 is 112. The Morgan fingerprint density at radius 3 is 2.17 bits per heavy atom. The SMILES string of the molecule is CN(c1ccc(Oc2ccc3cc(C(=O)N4CCN(Cc5ccc(OCC(F)(F)F)cc5)CC4)n(C)c3c2)nc1)S(=O)(=O)CC(F)(F)F. The minimum atomic E-state index is -4.89. The largest absolute Gasteiger partial charge is 0.484 e.